The molecule has 0 saturated carbocycles. The molecule has 0 spiro atoms. The maximum atomic E-state index is 11.4. The zero-order valence-electron chi connectivity index (χ0n) is 10.9. The Morgan fingerprint density at radius 1 is 1.28 bits per heavy atom. The number of benzene rings is 1. The van der Waals surface area contributed by atoms with Gasteiger partial charge in [0.2, 0.25) is 0 Å². The average molecular weight is 249 g/mol. The molecule has 0 unspecified atom stereocenters. The van der Waals surface area contributed by atoms with Crippen LogP contribution in [-0.2, 0) is 4.74 Å². The molecule has 0 aromatic heterocycles. The number of hydrogen-bond donors (Lipinski definition) is 0. The number of methoxy groups -OCH3 is 2. The molecule has 1 fully saturated rings. The van der Waals surface area contributed by atoms with E-state index in [2.05, 4.69) is 12.1 Å². The summed E-state index contributed by atoms with van der Waals surface area (Å²) in [7, 11) is 3.11. The molecule has 0 radical (unpaired) electrons. The molecule has 0 aliphatic carbocycles. The zero-order valence-corrected chi connectivity index (χ0v) is 10.9. The molecule has 1 aliphatic heterocycles. The van der Waals surface area contributed by atoms with Crippen LogP contribution in [0.3, 0.4) is 0 Å². The summed E-state index contributed by atoms with van der Waals surface area (Å²) in [6, 6.07) is 8.17. The van der Waals surface area contributed by atoms with E-state index in [-0.39, 0.29) is 6.09 Å². The second-order valence-corrected chi connectivity index (χ2v) is 4.51. The number of likely N-dealkylation sites (tertiary alicyclic amines) is 1. The Bertz CT molecular complexity index is 411. The quantitative estimate of drug-likeness (QED) is 0.808. The van der Waals surface area contributed by atoms with Gasteiger partial charge in [0, 0.05) is 13.1 Å². The van der Waals surface area contributed by atoms with E-state index in [0.29, 0.717) is 5.92 Å². The van der Waals surface area contributed by atoms with Crippen LogP contribution in [0.2, 0.25) is 0 Å². The Balaban J connectivity index is 1.98. The Morgan fingerprint density at radius 2 is 2.00 bits per heavy atom. The van der Waals surface area contributed by atoms with Crippen LogP contribution in [0, 0.1) is 0 Å². The van der Waals surface area contributed by atoms with Gasteiger partial charge >= 0.3 is 6.09 Å². The van der Waals surface area contributed by atoms with Crippen molar-refractivity contribution in [2.45, 2.75) is 18.8 Å². The molecule has 2 rings (SSSR count). The second kappa shape index (κ2) is 5.76. The van der Waals surface area contributed by atoms with E-state index in [1.165, 1.54) is 12.7 Å². The summed E-state index contributed by atoms with van der Waals surface area (Å²) in [5.74, 6) is 1.39. The van der Waals surface area contributed by atoms with Gasteiger partial charge in [-0.25, -0.2) is 4.79 Å². The van der Waals surface area contributed by atoms with Gasteiger partial charge in [-0.1, -0.05) is 12.1 Å². The molecule has 1 aromatic rings. The first-order chi connectivity index (χ1) is 8.74. The molecule has 0 atom stereocenters. The lowest BCUT2D eigenvalue weighted by molar-refractivity contribution is 0.112. The molecule has 18 heavy (non-hydrogen) atoms. The molecule has 1 amide bonds. The minimum absolute atomic E-state index is 0.223. The van der Waals surface area contributed by atoms with Crippen molar-refractivity contribution in [2.24, 2.45) is 0 Å². The van der Waals surface area contributed by atoms with Crippen LogP contribution in [-0.4, -0.2) is 38.3 Å². The van der Waals surface area contributed by atoms with Crippen molar-refractivity contribution in [1.29, 1.82) is 0 Å². The molecular weight excluding hydrogens is 230 g/mol. The minimum Gasteiger partial charge on any atom is -0.497 e. The van der Waals surface area contributed by atoms with E-state index in [4.69, 9.17) is 9.47 Å². The number of nitrogens with zero attached hydrogens (tertiary/aromatic N) is 1. The topological polar surface area (TPSA) is 38.8 Å². The van der Waals surface area contributed by atoms with Crippen LogP contribution < -0.4 is 4.74 Å². The SMILES string of the molecule is COC(=O)N1CCC(c2cccc(OC)c2)CC1. The zero-order chi connectivity index (χ0) is 13.0. The third-order valence-electron chi connectivity index (χ3n) is 3.49. The van der Waals surface area contributed by atoms with Gasteiger partial charge in [0.15, 0.2) is 0 Å². The standard InChI is InChI=1S/C14H19NO3/c1-17-13-5-3-4-12(10-13)11-6-8-15(9-7-11)14(16)18-2/h3-5,10-11H,6-9H2,1-2H3. The Hall–Kier alpha value is -1.71. The average Bonchev–Trinajstić information content (AvgIpc) is 2.46. The minimum atomic E-state index is -0.223. The first-order valence-corrected chi connectivity index (χ1v) is 6.21. The Morgan fingerprint density at radius 3 is 2.61 bits per heavy atom. The van der Waals surface area contributed by atoms with E-state index < -0.39 is 0 Å². The van der Waals surface area contributed by atoms with Gasteiger partial charge < -0.3 is 14.4 Å². The van der Waals surface area contributed by atoms with Crippen LogP contribution in [0.15, 0.2) is 24.3 Å². The Kier molecular flexibility index (Phi) is 4.07. The van der Waals surface area contributed by atoms with Crippen LogP contribution >= 0.6 is 0 Å². The molecule has 1 saturated heterocycles. The first-order valence-electron chi connectivity index (χ1n) is 6.21. The molecule has 1 heterocycles. The number of amides is 1. The highest BCUT2D eigenvalue weighted by Crippen LogP contribution is 2.30. The number of carbonyl (C=O) groups excluding carboxylic acids is 1. The van der Waals surface area contributed by atoms with Crippen molar-refractivity contribution in [1.82, 2.24) is 4.90 Å². The second-order valence-electron chi connectivity index (χ2n) is 4.51. The van der Waals surface area contributed by atoms with Crippen LogP contribution in [0.1, 0.15) is 24.3 Å². The van der Waals surface area contributed by atoms with Crippen molar-refractivity contribution >= 4 is 6.09 Å². The molecular formula is C14H19NO3. The van der Waals surface area contributed by atoms with Gasteiger partial charge in [0.05, 0.1) is 14.2 Å². The van der Waals surface area contributed by atoms with Crippen LogP contribution in [0.5, 0.6) is 5.75 Å². The summed E-state index contributed by atoms with van der Waals surface area (Å²) in [5, 5.41) is 0. The summed E-state index contributed by atoms with van der Waals surface area (Å²) < 4.78 is 9.97. The smallest absolute Gasteiger partial charge is 0.409 e. The number of ether oxygens (including phenoxy) is 2. The summed E-state index contributed by atoms with van der Waals surface area (Å²) in [6.07, 6.45) is 1.73. The molecule has 1 aliphatic rings. The third-order valence-corrected chi connectivity index (χ3v) is 3.49. The first kappa shape index (κ1) is 12.7. The molecule has 1 aromatic carbocycles. The van der Waals surface area contributed by atoms with Gasteiger partial charge in [0.25, 0.3) is 0 Å². The van der Waals surface area contributed by atoms with Crippen molar-refractivity contribution in [3.05, 3.63) is 29.8 Å². The van der Waals surface area contributed by atoms with Gasteiger partial charge in [-0.05, 0) is 36.5 Å². The van der Waals surface area contributed by atoms with E-state index in [0.717, 1.165) is 31.7 Å². The van der Waals surface area contributed by atoms with Crippen molar-refractivity contribution in [3.63, 3.8) is 0 Å². The fourth-order valence-corrected chi connectivity index (χ4v) is 2.42. The van der Waals surface area contributed by atoms with E-state index >= 15 is 0 Å². The fourth-order valence-electron chi connectivity index (χ4n) is 2.42. The monoisotopic (exact) mass is 249 g/mol. The van der Waals surface area contributed by atoms with Gasteiger partial charge in [-0.2, -0.15) is 0 Å². The van der Waals surface area contributed by atoms with Crippen LogP contribution in [0.4, 0.5) is 4.79 Å². The molecule has 4 nitrogen and oxygen atoms in total. The normalized spacial score (nSPS) is 16.4. The number of piperidine rings is 1. The summed E-state index contributed by atoms with van der Waals surface area (Å²) in [4.78, 5) is 13.2. The summed E-state index contributed by atoms with van der Waals surface area (Å²) >= 11 is 0. The molecule has 4 heteroatoms. The molecule has 98 valence electrons. The van der Waals surface area contributed by atoms with Gasteiger partial charge in [-0.15, -0.1) is 0 Å². The number of carbonyl (C=O) groups is 1. The number of rotatable bonds is 2. The van der Waals surface area contributed by atoms with Crippen molar-refractivity contribution in [2.75, 3.05) is 27.3 Å². The van der Waals surface area contributed by atoms with Crippen molar-refractivity contribution < 1.29 is 14.3 Å². The van der Waals surface area contributed by atoms with E-state index in [1.807, 2.05) is 12.1 Å². The highest BCUT2D eigenvalue weighted by Gasteiger charge is 2.24. The Labute approximate surface area is 107 Å². The molecule has 0 N–H and O–H groups in total. The van der Waals surface area contributed by atoms with Crippen molar-refractivity contribution in [3.8, 4) is 5.75 Å². The number of hydrogen-bond acceptors (Lipinski definition) is 3. The predicted octanol–water partition coefficient (Wildman–Crippen LogP) is 2.64. The fraction of sp³-hybridized carbons (Fsp3) is 0.500. The summed E-state index contributed by atoms with van der Waals surface area (Å²) in [6.45, 7) is 1.52. The highest BCUT2D eigenvalue weighted by molar-refractivity contribution is 5.67. The lowest BCUT2D eigenvalue weighted by Crippen LogP contribution is -2.37. The summed E-state index contributed by atoms with van der Waals surface area (Å²) in [5.41, 5.74) is 1.29. The maximum absolute atomic E-state index is 11.4. The van der Waals surface area contributed by atoms with Crippen LogP contribution in [0.25, 0.3) is 0 Å². The van der Waals surface area contributed by atoms with E-state index in [1.54, 1.807) is 12.0 Å². The third kappa shape index (κ3) is 2.75. The predicted molar refractivity (Wildman–Crippen MR) is 68.9 cm³/mol. The lowest BCUT2D eigenvalue weighted by atomic mass is 9.89. The van der Waals surface area contributed by atoms with Gasteiger partial charge in [-0.3, -0.25) is 0 Å². The lowest BCUT2D eigenvalue weighted by Gasteiger charge is -2.31. The largest absolute Gasteiger partial charge is 0.497 e. The highest BCUT2D eigenvalue weighted by atomic mass is 16.5. The van der Waals surface area contributed by atoms with Gasteiger partial charge in [0.1, 0.15) is 5.75 Å². The maximum Gasteiger partial charge on any atom is 0.409 e. The molecule has 0 bridgehead atoms. The van der Waals surface area contributed by atoms with E-state index in [9.17, 15) is 4.79 Å².